The summed E-state index contributed by atoms with van der Waals surface area (Å²) in [6.07, 6.45) is 0. The molecule has 3 aromatic rings. The van der Waals surface area contributed by atoms with Gasteiger partial charge in [-0.25, -0.2) is 4.68 Å². The molecule has 0 saturated carbocycles. The molecule has 2 aromatic heterocycles. The van der Waals surface area contributed by atoms with E-state index in [1.54, 1.807) is 12.1 Å². The van der Waals surface area contributed by atoms with Crippen LogP contribution >= 0.6 is 11.3 Å². The summed E-state index contributed by atoms with van der Waals surface area (Å²) < 4.78 is 1.82. The third-order valence-electron chi connectivity index (χ3n) is 3.94. The Morgan fingerprint density at radius 3 is 2.35 bits per heavy atom. The van der Waals surface area contributed by atoms with Crippen molar-refractivity contribution in [1.82, 2.24) is 9.78 Å². The fraction of sp³-hybridized carbons (Fsp3) is 0.211. The Hall–Kier alpha value is -2.93. The maximum absolute atomic E-state index is 12.6. The second-order valence-corrected chi connectivity index (χ2v) is 7.18. The second kappa shape index (κ2) is 7.13. The maximum atomic E-state index is 12.6. The number of anilines is 2. The maximum Gasteiger partial charge on any atom is 0.265 e. The Morgan fingerprint density at radius 2 is 1.69 bits per heavy atom. The van der Waals surface area contributed by atoms with Crippen LogP contribution in [0.25, 0.3) is 5.69 Å². The molecule has 0 bridgehead atoms. The Balaban J connectivity index is 1.83. The van der Waals surface area contributed by atoms with E-state index in [1.165, 1.54) is 23.8 Å². The molecule has 0 atom stereocenters. The van der Waals surface area contributed by atoms with Crippen LogP contribution in [0.1, 0.15) is 33.5 Å². The van der Waals surface area contributed by atoms with Crippen LogP contribution in [0.5, 0.6) is 0 Å². The van der Waals surface area contributed by atoms with E-state index in [0.717, 1.165) is 17.1 Å². The lowest BCUT2D eigenvalue weighted by atomic mass is 10.2. The van der Waals surface area contributed by atoms with Crippen molar-refractivity contribution in [2.45, 2.75) is 27.7 Å². The Labute approximate surface area is 155 Å². The van der Waals surface area contributed by atoms with E-state index in [-0.39, 0.29) is 11.8 Å². The SMILES string of the molecule is CC(=O)Nc1ccc(C(=O)Nc2c(C)nn(-c3ccc(C)cc3)c2C)s1. The van der Waals surface area contributed by atoms with E-state index in [2.05, 4.69) is 15.7 Å². The molecule has 0 aliphatic carbocycles. The van der Waals surface area contributed by atoms with Crippen molar-refractivity contribution in [2.75, 3.05) is 10.6 Å². The van der Waals surface area contributed by atoms with Gasteiger partial charge in [0.15, 0.2) is 0 Å². The van der Waals surface area contributed by atoms with Crippen LogP contribution in [0.2, 0.25) is 0 Å². The molecule has 0 saturated heterocycles. The number of aryl methyl sites for hydroxylation is 2. The summed E-state index contributed by atoms with van der Waals surface area (Å²) in [5, 5.41) is 10.8. The summed E-state index contributed by atoms with van der Waals surface area (Å²) in [5.74, 6) is -0.383. The van der Waals surface area contributed by atoms with Crippen LogP contribution in [-0.2, 0) is 4.79 Å². The molecule has 0 fully saturated rings. The molecule has 3 rings (SSSR count). The normalized spacial score (nSPS) is 10.6. The van der Waals surface area contributed by atoms with Crippen LogP contribution in [0.15, 0.2) is 36.4 Å². The van der Waals surface area contributed by atoms with E-state index >= 15 is 0 Å². The van der Waals surface area contributed by atoms with Gasteiger partial charge in [-0.2, -0.15) is 5.10 Å². The van der Waals surface area contributed by atoms with Gasteiger partial charge in [-0.1, -0.05) is 17.7 Å². The lowest BCUT2D eigenvalue weighted by Crippen LogP contribution is -2.11. The van der Waals surface area contributed by atoms with Crippen molar-refractivity contribution < 1.29 is 9.59 Å². The fourth-order valence-corrected chi connectivity index (χ4v) is 3.48. The van der Waals surface area contributed by atoms with Crippen molar-refractivity contribution in [3.8, 4) is 5.69 Å². The molecule has 1 aromatic carbocycles. The van der Waals surface area contributed by atoms with E-state index < -0.39 is 0 Å². The van der Waals surface area contributed by atoms with Crippen molar-refractivity contribution in [1.29, 1.82) is 0 Å². The number of nitrogens with zero attached hydrogens (tertiary/aromatic N) is 2. The Kier molecular flexibility index (Phi) is 4.90. The number of thiophene rings is 1. The lowest BCUT2D eigenvalue weighted by molar-refractivity contribution is -0.114. The van der Waals surface area contributed by atoms with Crippen molar-refractivity contribution in [2.24, 2.45) is 0 Å². The number of rotatable bonds is 4. The largest absolute Gasteiger partial charge is 0.318 e. The Bertz CT molecular complexity index is 970. The van der Waals surface area contributed by atoms with Crippen molar-refractivity contribution in [3.05, 3.63) is 58.2 Å². The summed E-state index contributed by atoms with van der Waals surface area (Å²) in [4.78, 5) is 24.2. The van der Waals surface area contributed by atoms with Gasteiger partial charge in [0.05, 0.1) is 32.6 Å². The molecule has 2 amide bonds. The highest BCUT2D eigenvalue weighted by Crippen LogP contribution is 2.26. The van der Waals surface area contributed by atoms with Gasteiger partial charge in [-0.15, -0.1) is 11.3 Å². The van der Waals surface area contributed by atoms with Gasteiger partial charge in [0.1, 0.15) is 0 Å². The fourth-order valence-electron chi connectivity index (χ4n) is 2.64. The van der Waals surface area contributed by atoms with Crippen LogP contribution in [-0.4, -0.2) is 21.6 Å². The molecule has 7 heteroatoms. The molecule has 134 valence electrons. The average Bonchev–Trinajstić information content (AvgIpc) is 3.15. The molecular weight excluding hydrogens is 348 g/mol. The standard InChI is InChI=1S/C19H20N4O2S/c1-11-5-7-15(8-6-11)23-13(3)18(12(2)22-23)21-19(25)16-9-10-17(26-16)20-14(4)24/h5-10H,1-4H3,(H,20,24)(H,21,25). The number of hydrogen-bond donors (Lipinski definition) is 2. The zero-order valence-corrected chi connectivity index (χ0v) is 15.9. The summed E-state index contributed by atoms with van der Waals surface area (Å²) >= 11 is 1.23. The van der Waals surface area contributed by atoms with Gasteiger partial charge >= 0.3 is 0 Å². The zero-order valence-electron chi connectivity index (χ0n) is 15.1. The first-order valence-electron chi connectivity index (χ1n) is 8.17. The predicted octanol–water partition coefficient (Wildman–Crippen LogP) is 4.07. The third-order valence-corrected chi connectivity index (χ3v) is 4.94. The van der Waals surface area contributed by atoms with E-state index in [1.807, 2.05) is 49.7 Å². The minimum Gasteiger partial charge on any atom is -0.318 e. The summed E-state index contributed by atoms with van der Waals surface area (Å²) in [6, 6.07) is 11.5. The molecule has 2 N–H and O–H groups in total. The zero-order chi connectivity index (χ0) is 18.8. The first kappa shape index (κ1) is 17.9. The number of amides is 2. The highest BCUT2D eigenvalue weighted by molar-refractivity contribution is 7.18. The highest BCUT2D eigenvalue weighted by atomic mass is 32.1. The number of aromatic nitrogens is 2. The monoisotopic (exact) mass is 368 g/mol. The van der Waals surface area contributed by atoms with E-state index in [4.69, 9.17) is 0 Å². The molecule has 0 radical (unpaired) electrons. The molecule has 0 aliphatic rings. The lowest BCUT2D eigenvalue weighted by Gasteiger charge is -2.07. The topological polar surface area (TPSA) is 76.0 Å². The van der Waals surface area contributed by atoms with Crippen molar-refractivity contribution in [3.63, 3.8) is 0 Å². The van der Waals surface area contributed by atoms with Gasteiger partial charge in [0.2, 0.25) is 5.91 Å². The molecule has 2 heterocycles. The third kappa shape index (κ3) is 3.67. The first-order valence-corrected chi connectivity index (χ1v) is 8.99. The van der Waals surface area contributed by atoms with E-state index in [0.29, 0.717) is 15.6 Å². The molecule has 26 heavy (non-hydrogen) atoms. The number of hydrogen-bond acceptors (Lipinski definition) is 4. The van der Waals surface area contributed by atoms with Gasteiger partial charge in [-0.3, -0.25) is 9.59 Å². The number of benzene rings is 1. The summed E-state index contributed by atoms with van der Waals surface area (Å²) in [6.45, 7) is 7.26. The molecule has 0 aliphatic heterocycles. The average molecular weight is 368 g/mol. The van der Waals surface area contributed by atoms with Gasteiger partial charge in [0.25, 0.3) is 5.91 Å². The van der Waals surface area contributed by atoms with Crippen LogP contribution < -0.4 is 10.6 Å². The van der Waals surface area contributed by atoms with Gasteiger partial charge in [0, 0.05) is 6.92 Å². The smallest absolute Gasteiger partial charge is 0.265 e. The van der Waals surface area contributed by atoms with Crippen LogP contribution in [0.4, 0.5) is 10.7 Å². The minimum atomic E-state index is -0.221. The van der Waals surface area contributed by atoms with E-state index in [9.17, 15) is 9.59 Å². The number of nitrogens with one attached hydrogen (secondary N) is 2. The summed E-state index contributed by atoms with van der Waals surface area (Å²) in [5.41, 5.74) is 4.43. The van der Waals surface area contributed by atoms with Crippen LogP contribution in [0, 0.1) is 20.8 Å². The number of carbonyl (C=O) groups is 2. The molecule has 6 nitrogen and oxygen atoms in total. The highest BCUT2D eigenvalue weighted by Gasteiger charge is 2.17. The second-order valence-electron chi connectivity index (χ2n) is 6.09. The van der Waals surface area contributed by atoms with Crippen LogP contribution in [0.3, 0.4) is 0 Å². The molecule has 0 spiro atoms. The minimum absolute atomic E-state index is 0.162. The van der Waals surface area contributed by atoms with Gasteiger partial charge < -0.3 is 10.6 Å². The summed E-state index contributed by atoms with van der Waals surface area (Å²) in [7, 11) is 0. The quantitative estimate of drug-likeness (QED) is 0.729. The van der Waals surface area contributed by atoms with Crippen molar-refractivity contribution >= 4 is 33.8 Å². The number of carbonyl (C=O) groups excluding carboxylic acids is 2. The first-order chi connectivity index (χ1) is 12.3. The van der Waals surface area contributed by atoms with Gasteiger partial charge in [-0.05, 0) is 45.0 Å². The molecular formula is C19H20N4O2S. The predicted molar refractivity (Wildman–Crippen MR) is 104 cm³/mol. The molecule has 0 unspecified atom stereocenters. The Morgan fingerprint density at radius 1 is 1.00 bits per heavy atom.